The number of aliphatic carboxylic acids is 1. The smallest absolute Gasteiger partial charge is 0.303 e. The monoisotopic (exact) mass is 220 g/mol. The van der Waals surface area contributed by atoms with Crippen LogP contribution < -0.4 is 0 Å². The number of halogens is 1. The lowest BCUT2D eigenvalue weighted by atomic mass is 10.1. The summed E-state index contributed by atoms with van der Waals surface area (Å²) < 4.78 is 0. The third kappa shape index (κ3) is 11.4. The van der Waals surface area contributed by atoms with Crippen molar-refractivity contribution in [3.05, 3.63) is 0 Å². The zero-order valence-electron chi connectivity index (χ0n) is 8.30. The summed E-state index contributed by atoms with van der Waals surface area (Å²) >= 11 is 5.17. The van der Waals surface area contributed by atoms with Gasteiger partial charge in [-0.05, 0) is 24.4 Å². The SMILES string of the molecule is O=C(O)CCCCCCCCC(=O)Cl. The molecule has 4 heteroatoms. The topological polar surface area (TPSA) is 54.4 Å². The maximum absolute atomic E-state index is 10.4. The number of rotatable bonds is 9. The first kappa shape index (κ1) is 13.4. The van der Waals surface area contributed by atoms with E-state index in [9.17, 15) is 9.59 Å². The van der Waals surface area contributed by atoms with Crippen LogP contribution in [0.15, 0.2) is 0 Å². The summed E-state index contributed by atoms with van der Waals surface area (Å²) in [5.74, 6) is -0.724. The number of carboxylic acids is 1. The molecule has 82 valence electrons. The second kappa shape index (κ2) is 9.00. The summed E-state index contributed by atoms with van der Waals surface area (Å²) in [6.07, 6.45) is 6.39. The van der Waals surface area contributed by atoms with E-state index in [1.54, 1.807) is 0 Å². The Hall–Kier alpha value is -0.570. The van der Waals surface area contributed by atoms with Crippen LogP contribution in [0.3, 0.4) is 0 Å². The number of carbonyl (C=O) groups is 2. The van der Waals surface area contributed by atoms with Crippen LogP contribution in [-0.4, -0.2) is 16.3 Å². The van der Waals surface area contributed by atoms with Crippen molar-refractivity contribution >= 4 is 22.8 Å². The van der Waals surface area contributed by atoms with E-state index >= 15 is 0 Å². The summed E-state index contributed by atoms with van der Waals surface area (Å²) in [6.45, 7) is 0. The predicted octanol–water partition coefficient (Wildman–Crippen LogP) is 2.96. The molecule has 1 N–H and O–H groups in total. The number of hydrogen-bond acceptors (Lipinski definition) is 2. The van der Waals surface area contributed by atoms with Crippen molar-refractivity contribution in [3.8, 4) is 0 Å². The fourth-order valence-corrected chi connectivity index (χ4v) is 1.38. The molecule has 0 heterocycles. The quantitative estimate of drug-likeness (QED) is 0.480. The van der Waals surface area contributed by atoms with Crippen molar-refractivity contribution in [1.29, 1.82) is 0 Å². The Morgan fingerprint density at radius 2 is 1.29 bits per heavy atom. The van der Waals surface area contributed by atoms with Gasteiger partial charge in [-0.2, -0.15) is 0 Å². The maximum atomic E-state index is 10.4. The highest BCUT2D eigenvalue weighted by Gasteiger charge is 1.98. The van der Waals surface area contributed by atoms with E-state index in [1.165, 1.54) is 0 Å². The molecule has 0 atom stereocenters. The molecule has 0 amide bonds. The van der Waals surface area contributed by atoms with Crippen molar-refractivity contribution in [2.24, 2.45) is 0 Å². The molecule has 0 aliphatic carbocycles. The van der Waals surface area contributed by atoms with Crippen LogP contribution in [-0.2, 0) is 9.59 Å². The van der Waals surface area contributed by atoms with Crippen LogP contribution in [0.1, 0.15) is 51.4 Å². The Bertz CT molecular complexity index is 160. The average molecular weight is 221 g/mol. The number of hydrogen-bond donors (Lipinski definition) is 1. The molecule has 0 rings (SSSR count). The van der Waals surface area contributed by atoms with Gasteiger partial charge in [0.25, 0.3) is 0 Å². The predicted molar refractivity (Wildman–Crippen MR) is 55.4 cm³/mol. The van der Waals surface area contributed by atoms with Crippen molar-refractivity contribution in [3.63, 3.8) is 0 Å². The van der Waals surface area contributed by atoms with E-state index in [0.29, 0.717) is 6.42 Å². The number of carbonyl (C=O) groups excluding carboxylic acids is 1. The van der Waals surface area contributed by atoms with Gasteiger partial charge in [-0.15, -0.1) is 0 Å². The van der Waals surface area contributed by atoms with Crippen LogP contribution >= 0.6 is 11.6 Å². The molecule has 14 heavy (non-hydrogen) atoms. The van der Waals surface area contributed by atoms with Gasteiger partial charge in [0.15, 0.2) is 0 Å². The van der Waals surface area contributed by atoms with Crippen molar-refractivity contribution in [2.45, 2.75) is 51.4 Å². The lowest BCUT2D eigenvalue weighted by molar-refractivity contribution is -0.137. The van der Waals surface area contributed by atoms with Gasteiger partial charge in [0.2, 0.25) is 5.24 Å². The Kier molecular flexibility index (Phi) is 8.64. The Morgan fingerprint density at radius 1 is 0.857 bits per heavy atom. The van der Waals surface area contributed by atoms with Crippen LogP contribution in [0.25, 0.3) is 0 Å². The van der Waals surface area contributed by atoms with E-state index in [1.807, 2.05) is 0 Å². The molecule has 0 saturated carbocycles. The second-order valence-electron chi connectivity index (χ2n) is 3.37. The molecule has 0 unspecified atom stereocenters. The number of unbranched alkanes of at least 4 members (excludes halogenated alkanes) is 5. The molecule has 0 aliphatic heterocycles. The minimum Gasteiger partial charge on any atom is -0.481 e. The molecule has 0 aromatic rings. The van der Waals surface area contributed by atoms with E-state index in [0.717, 1.165) is 38.5 Å². The van der Waals surface area contributed by atoms with Gasteiger partial charge in [0, 0.05) is 12.8 Å². The highest BCUT2D eigenvalue weighted by atomic mass is 35.5. The number of carboxylic acid groups (broad SMARTS) is 1. The molecule has 0 saturated heterocycles. The maximum Gasteiger partial charge on any atom is 0.303 e. The zero-order chi connectivity index (χ0) is 10.8. The molecule has 0 aromatic carbocycles. The average Bonchev–Trinajstić information content (AvgIpc) is 2.08. The van der Waals surface area contributed by atoms with E-state index in [-0.39, 0.29) is 11.7 Å². The van der Waals surface area contributed by atoms with E-state index in [2.05, 4.69) is 0 Å². The van der Waals surface area contributed by atoms with Crippen molar-refractivity contribution in [2.75, 3.05) is 0 Å². The largest absolute Gasteiger partial charge is 0.481 e. The third-order valence-electron chi connectivity index (χ3n) is 2.01. The first-order valence-electron chi connectivity index (χ1n) is 5.03. The standard InChI is InChI=1S/C10H17ClO3/c11-9(12)7-5-3-1-2-4-6-8-10(13)14/h1-8H2,(H,13,14). The Labute approximate surface area is 89.4 Å². The first-order valence-corrected chi connectivity index (χ1v) is 5.41. The van der Waals surface area contributed by atoms with Gasteiger partial charge in [0.1, 0.15) is 0 Å². The van der Waals surface area contributed by atoms with Crippen molar-refractivity contribution in [1.82, 2.24) is 0 Å². The van der Waals surface area contributed by atoms with Gasteiger partial charge in [-0.1, -0.05) is 25.7 Å². The molecule has 0 radical (unpaired) electrons. The Morgan fingerprint density at radius 3 is 1.71 bits per heavy atom. The summed E-state index contributed by atoms with van der Waals surface area (Å²) in [7, 11) is 0. The Balaban J connectivity index is 2.99. The fraction of sp³-hybridized carbons (Fsp3) is 0.800. The van der Waals surface area contributed by atoms with Crippen LogP contribution in [0, 0.1) is 0 Å². The van der Waals surface area contributed by atoms with Crippen LogP contribution in [0.2, 0.25) is 0 Å². The molecular weight excluding hydrogens is 204 g/mol. The summed E-state index contributed by atoms with van der Waals surface area (Å²) in [5, 5.41) is 8.10. The molecule has 0 fully saturated rings. The minimum absolute atomic E-state index is 0.264. The lowest BCUT2D eigenvalue weighted by Gasteiger charge is -1.98. The van der Waals surface area contributed by atoms with E-state index in [4.69, 9.17) is 16.7 Å². The van der Waals surface area contributed by atoms with Crippen LogP contribution in [0.5, 0.6) is 0 Å². The van der Waals surface area contributed by atoms with Crippen molar-refractivity contribution < 1.29 is 14.7 Å². The molecule has 3 nitrogen and oxygen atoms in total. The molecule has 0 aromatic heterocycles. The van der Waals surface area contributed by atoms with Gasteiger partial charge < -0.3 is 5.11 Å². The van der Waals surface area contributed by atoms with Gasteiger partial charge >= 0.3 is 5.97 Å². The fourth-order valence-electron chi connectivity index (χ4n) is 1.25. The van der Waals surface area contributed by atoms with Gasteiger partial charge in [0.05, 0.1) is 0 Å². The minimum atomic E-state index is -0.724. The second-order valence-corrected chi connectivity index (χ2v) is 3.79. The highest BCUT2D eigenvalue weighted by Crippen LogP contribution is 2.09. The molecule has 0 aliphatic rings. The summed E-state index contributed by atoms with van der Waals surface area (Å²) in [6, 6.07) is 0. The molecule has 0 spiro atoms. The zero-order valence-corrected chi connectivity index (χ0v) is 9.05. The van der Waals surface area contributed by atoms with E-state index < -0.39 is 5.97 Å². The summed E-state index contributed by atoms with van der Waals surface area (Å²) in [4.78, 5) is 20.5. The van der Waals surface area contributed by atoms with Gasteiger partial charge in [-0.3, -0.25) is 9.59 Å². The molecular formula is C10H17ClO3. The van der Waals surface area contributed by atoms with Gasteiger partial charge in [-0.25, -0.2) is 0 Å². The normalized spacial score (nSPS) is 10.1. The first-order chi connectivity index (χ1) is 6.63. The highest BCUT2D eigenvalue weighted by molar-refractivity contribution is 6.63. The summed E-state index contributed by atoms with van der Waals surface area (Å²) in [5.41, 5.74) is 0. The molecule has 0 bridgehead atoms. The lowest BCUT2D eigenvalue weighted by Crippen LogP contribution is -1.93. The third-order valence-corrected chi connectivity index (χ3v) is 2.20. The van der Waals surface area contributed by atoms with Crippen LogP contribution in [0.4, 0.5) is 0 Å².